The average Bonchev–Trinajstić information content (AvgIpc) is 2.81. The lowest BCUT2D eigenvalue weighted by atomic mass is 10.1. The quantitative estimate of drug-likeness (QED) is 0.590. The van der Waals surface area contributed by atoms with E-state index in [2.05, 4.69) is 34.1 Å². The Balaban J connectivity index is 1.50. The normalized spacial score (nSPS) is 14.7. The molecule has 0 radical (unpaired) electrons. The van der Waals surface area contributed by atoms with Gasteiger partial charge in [-0.1, -0.05) is 24.3 Å². The maximum absolute atomic E-state index is 12.4. The van der Waals surface area contributed by atoms with Crippen LogP contribution in [0.5, 0.6) is 17.2 Å². The molecule has 1 aliphatic rings. The molecule has 6 nitrogen and oxygen atoms in total. The van der Waals surface area contributed by atoms with Crippen molar-refractivity contribution in [3.63, 3.8) is 0 Å². The van der Waals surface area contributed by atoms with E-state index < -0.39 is 0 Å². The van der Waals surface area contributed by atoms with E-state index in [0.29, 0.717) is 23.7 Å². The Morgan fingerprint density at radius 1 is 0.933 bits per heavy atom. The Hall–Kier alpha value is -2.99. The fourth-order valence-electron chi connectivity index (χ4n) is 3.61. The molecule has 0 saturated carbocycles. The molecule has 1 saturated heterocycles. The third-order valence-electron chi connectivity index (χ3n) is 5.32. The number of nitrogens with zero attached hydrogens (tertiary/aromatic N) is 2. The van der Waals surface area contributed by atoms with Crippen molar-refractivity contribution in [3.8, 4) is 17.2 Å². The third kappa shape index (κ3) is 5.54. The van der Waals surface area contributed by atoms with Crippen molar-refractivity contribution < 1.29 is 19.0 Å². The summed E-state index contributed by atoms with van der Waals surface area (Å²) in [7, 11) is 4.72. The minimum Gasteiger partial charge on any atom is -0.493 e. The minimum absolute atomic E-state index is 0.106. The molecular weight excluding hydrogens is 380 g/mol. The molecule has 0 amide bonds. The standard InChI is InChI=1S/C24H30N2O4/c1-28-22-17-19(18-23(29-2)24(22)30-3)9-10-21(27)11-12-25-13-15-26(16-14-25)20-7-5-4-6-8-20/h4-10,17-18H,11-16H2,1-3H3/b10-9+. The molecule has 0 aromatic heterocycles. The zero-order valence-electron chi connectivity index (χ0n) is 18.0. The number of carbonyl (C=O) groups is 1. The summed E-state index contributed by atoms with van der Waals surface area (Å²) in [6.45, 7) is 4.69. The van der Waals surface area contributed by atoms with Crippen molar-refractivity contribution in [2.45, 2.75) is 6.42 Å². The van der Waals surface area contributed by atoms with Crippen LogP contribution in [0.2, 0.25) is 0 Å². The molecule has 6 heteroatoms. The van der Waals surface area contributed by atoms with Crippen LogP contribution in [-0.2, 0) is 4.79 Å². The van der Waals surface area contributed by atoms with Gasteiger partial charge in [0.05, 0.1) is 21.3 Å². The van der Waals surface area contributed by atoms with E-state index in [0.717, 1.165) is 38.3 Å². The van der Waals surface area contributed by atoms with Crippen LogP contribution < -0.4 is 19.1 Å². The van der Waals surface area contributed by atoms with E-state index in [1.165, 1.54) is 5.69 Å². The molecule has 160 valence electrons. The molecule has 0 atom stereocenters. The third-order valence-corrected chi connectivity index (χ3v) is 5.32. The fourth-order valence-corrected chi connectivity index (χ4v) is 3.61. The van der Waals surface area contributed by atoms with E-state index in [1.807, 2.05) is 18.2 Å². The van der Waals surface area contributed by atoms with Gasteiger partial charge in [0.2, 0.25) is 5.75 Å². The van der Waals surface area contributed by atoms with E-state index >= 15 is 0 Å². The highest BCUT2D eigenvalue weighted by Crippen LogP contribution is 2.38. The van der Waals surface area contributed by atoms with Gasteiger partial charge in [-0.3, -0.25) is 9.69 Å². The summed E-state index contributed by atoms with van der Waals surface area (Å²) in [4.78, 5) is 17.1. The number of piperazine rings is 1. The van der Waals surface area contributed by atoms with Gasteiger partial charge < -0.3 is 19.1 Å². The molecule has 1 aliphatic heterocycles. The molecule has 2 aromatic carbocycles. The summed E-state index contributed by atoms with van der Waals surface area (Å²) in [5.74, 6) is 1.79. The summed E-state index contributed by atoms with van der Waals surface area (Å²) >= 11 is 0. The summed E-state index contributed by atoms with van der Waals surface area (Å²) < 4.78 is 16.0. The van der Waals surface area contributed by atoms with Crippen LogP contribution in [0.1, 0.15) is 12.0 Å². The van der Waals surface area contributed by atoms with Crippen LogP contribution in [0.4, 0.5) is 5.69 Å². The number of anilines is 1. The monoisotopic (exact) mass is 410 g/mol. The fraction of sp³-hybridized carbons (Fsp3) is 0.375. The van der Waals surface area contributed by atoms with Crippen molar-refractivity contribution in [2.75, 3.05) is 59.0 Å². The number of benzene rings is 2. The van der Waals surface area contributed by atoms with Crippen molar-refractivity contribution in [3.05, 3.63) is 54.1 Å². The van der Waals surface area contributed by atoms with Gasteiger partial charge in [0.15, 0.2) is 17.3 Å². The zero-order valence-corrected chi connectivity index (χ0v) is 18.0. The van der Waals surface area contributed by atoms with Crippen molar-refractivity contribution in [1.29, 1.82) is 0 Å². The number of rotatable bonds is 9. The Morgan fingerprint density at radius 3 is 2.13 bits per heavy atom. The molecular formula is C24H30N2O4. The predicted molar refractivity (Wildman–Crippen MR) is 120 cm³/mol. The lowest BCUT2D eigenvalue weighted by molar-refractivity contribution is -0.114. The number of para-hydroxylation sites is 1. The molecule has 3 rings (SSSR count). The number of allylic oxidation sites excluding steroid dienone is 1. The number of hydrogen-bond acceptors (Lipinski definition) is 6. The molecule has 1 heterocycles. The Kier molecular flexibility index (Phi) is 7.74. The van der Waals surface area contributed by atoms with Gasteiger partial charge in [-0.05, 0) is 35.9 Å². The van der Waals surface area contributed by atoms with Gasteiger partial charge in [-0.2, -0.15) is 0 Å². The van der Waals surface area contributed by atoms with E-state index in [-0.39, 0.29) is 5.78 Å². The second-order valence-electron chi connectivity index (χ2n) is 7.17. The average molecular weight is 411 g/mol. The number of carbonyl (C=O) groups excluding carboxylic acids is 1. The summed E-state index contributed by atoms with van der Waals surface area (Å²) in [6, 6.07) is 14.1. The second-order valence-corrected chi connectivity index (χ2v) is 7.17. The van der Waals surface area contributed by atoms with Crippen LogP contribution in [0.25, 0.3) is 6.08 Å². The number of hydrogen-bond donors (Lipinski definition) is 0. The Morgan fingerprint density at radius 2 is 1.57 bits per heavy atom. The van der Waals surface area contributed by atoms with Gasteiger partial charge in [-0.25, -0.2) is 0 Å². The molecule has 30 heavy (non-hydrogen) atoms. The van der Waals surface area contributed by atoms with E-state index in [1.54, 1.807) is 33.5 Å². The first-order valence-corrected chi connectivity index (χ1v) is 10.2. The van der Waals surface area contributed by atoms with Crippen LogP contribution in [-0.4, -0.2) is 64.7 Å². The van der Waals surface area contributed by atoms with Crippen LogP contribution in [0.3, 0.4) is 0 Å². The molecule has 0 N–H and O–H groups in total. The smallest absolute Gasteiger partial charge is 0.203 e. The summed E-state index contributed by atoms with van der Waals surface area (Å²) in [5, 5.41) is 0. The van der Waals surface area contributed by atoms with Gasteiger partial charge >= 0.3 is 0 Å². The molecule has 0 bridgehead atoms. The van der Waals surface area contributed by atoms with Gasteiger partial charge in [0, 0.05) is 44.8 Å². The van der Waals surface area contributed by atoms with Crippen LogP contribution in [0, 0.1) is 0 Å². The predicted octanol–water partition coefficient (Wildman–Crippen LogP) is 3.51. The van der Waals surface area contributed by atoms with Gasteiger partial charge in [0.25, 0.3) is 0 Å². The zero-order chi connectivity index (χ0) is 21.3. The lowest BCUT2D eigenvalue weighted by Gasteiger charge is -2.36. The first-order chi connectivity index (χ1) is 14.6. The topological polar surface area (TPSA) is 51.2 Å². The first kappa shape index (κ1) is 21.7. The molecule has 1 fully saturated rings. The molecule has 0 aliphatic carbocycles. The van der Waals surface area contributed by atoms with Gasteiger partial charge in [0.1, 0.15) is 0 Å². The lowest BCUT2D eigenvalue weighted by Crippen LogP contribution is -2.46. The Bertz CT molecular complexity index is 834. The number of ether oxygens (including phenoxy) is 3. The molecule has 0 unspecified atom stereocenters. The van der Waals surface area contributed by atoms with Crippen LogP contribution >= 0.6 is 0 Å². The van der Waals surface area contributed by atoms with Crippen molar-refractivity contribution in [2.24, 2.45) is 0 Å². The highest BCUT2D eigenvalue weighted by Gasteiger charge is 2.17. The van der Waals surface area contributed by atoms with E-state index in [9.17, 15) is 4.79 Å². The number of ketones is 1. The minimum atomic E-state index is 0.106. The first-order valence-electron chi connectivity index (χ1n) is 10.2. The Labute approximate surface area is 178 Å². The molecule has 2 aromatic rings. The second kappa shape index (κ2) is 10.7. The summed E-state index contributed by atoms with van der Waals surface area (Å²) in [5.41, 5.74) is 2.09. The van der Waals surface area contributed by atoms with Crippen molar-refractivity contribution >= 4 is 17.5 Å². The summed E-state index contributed by atoms with van der Waals surface area (Å²) in [6.07, 6.45) is 3.92. The largest absolute Gasteiger partial charge is 0.493 e. The maximum Gasteiger partial charge on any atom is 0.203 e. The SMILES string of the molecule is COc1cc(/C=C/C(=O)CCN2CCN(c3ccccc3)CC2)cc(OC)c1OC. The van der Waals surface area contributed by atoms with E-state index in [4.69, 9.17) is 14.2 Å². The van der Waals surface area contributed by atoms with Gasteiger partial charge in [-0.15, -0.1) is 0 Å². The van der Waals surface area contributed by atoms with Crippen LogP contribution in [0.15, 0.2) is 48.5 Å². The van der Waals surface area contributed by atoms with Crippen molar-refractivity contribution in [1.82, 2.24) is 4.90 Å². The highest BCUT2D eigenvalue weighted by molar-refractivity contribution is 5.93. The molecule has 0 spiro atoms. The maximum atomic E-state index is 12.4. The number of methoxy groups -OCH3 is 3. The highest BCUT2D eigenvalue weighted by atomic mass is 16.5.